The summed E-state index contributed by atoms with van der Waals surface area (Å²) < 4.78 is 1.73. The van der Waals surface area contributed by atoms with E-state index in [9.17, 15) is 9.59 Å². The number of benzene rings is 2. The smallest absolute Gasteiger partial charge is 0.221 e. The van der Waals surface area contributed by atoms with Gasteiger partial charge in [0, 0.05) is 23.7 Å². The van der Waals surface area contributed by atoms with Crippen molar-refractivity contribution >= 4 is 35.1 Å². The van der Waals surface area contributed by atoms with Crippen LogP contribution >= 0.6 is 11.6 Å². The van der Waals surface area contributed by atoms with Gasteiger partial charge in [0.15, 0.2) is 5.78 Å². The van der Waals surface area contributed by atoms with Gasteiger partial charge in [0.1, 0.15) is 5.15 Å². The first kappa shape index (κ1) is 20.6. The molecule has 3 rings (SSSR count). The lowest BCUT2D eigenvalue weighted by Gasteiger charge is -2.04. The van der Waals surface area contributed by atoms with Crippen LogP contribution in [0, 0.1) is 13.8 Å². The highest BCUT2D eigenvalue weighted by molar-refractivity contribution is 6.31. The summed E-state index contributed by atoms with van der Waals surface area (Å²) >= 11 is 6.51. The van der Waals surface area contributed by atoms with E-state index < -0.39 is 0 Å². The van der Waals surface area contributed by atoms with Crippen molar-refractivity contribution in [3.05, 3.63) is 87.7 Å². The Morgan fingerprint density at radius 3 is 2.55 bits per heavy atom. The van der Waals surface area contributed by atoms with Gasteiger partial charge in [0.2, 0.25) is 5.91 Å². The molecular formula is C23H22ClN3O2. The number of aromatic nitrogens is 2. The molecule has 0 radical (unpaired) electrons. The monoisotopic (exact) mass is 407 g/mol. The van der Waals surface area contributed by atoms with Crippen LogP contribution in [0.15, 0.2) is 54.6 Å². The summed E-state index contributed by atoms with van der Waals surface area (Å²) in [5.74, 6) is -0.368. The number of amides is 1. The maximum Gasteiger partial charge on any atom is 0.221 e. The number of nitrogens with one attached hydrogen (secondary N) is 1. The summed E-state index contributed by atoms with van der Waals surface area (Å²) in [6, 6.07) is 15.0. The fraction of sp³-hybridized carbons (Fsp3) is 0.174. The Morgan fingerprint density at radius 1 is 1.14 bits per heavy atom. The van der Waals surface area contributed by atoms with Gasteiger partial charge < -0.3 is 5.32 Å². The number of anilines is 1. The van der Waals surface area contributed by atoms with Crippen molar-refractivity contribution in [3.8, 4) is 0 Å². The van der Waals surface area contributed by atoms with Gasteiger partial charge in [-0.2, -0.15) is 5.10 Å². The summed E-state index contributed by atoms with van der Waals surface area (Å²) in [6.45, 7) is 5.88. The van der Waals surface area contributed by atoms with E-state index in [0.29, 0.717) is 28.5 Å². The zero-order valence-corrected chi connectivity index (χ0v) is 17.3. The molecule has 148 valence electrons. The number of rotatable bonds is 6. The maximum atomic E-state index is 12.5. The third-order valence-electron chi connectivity index (χ3n) is 4.43. The third-order valence-corrected chi connectivity index (χ3v) is 4.83. The second-order valence-corrected chi connectivity index (χ2v) is 7.25. The van der Waals surface area contributed by atoms with E-state index in [-0.39, 0.29) is 11.7 Å². The number of ketones is 1. The SMILES string of the molecule is CC(=O)Nc1cccc(C(=O)/C=C/c2c(C)nn(Cc3ccc(C)cc3)c2Cl)c1. The Hall–Kier alpha value is -3.18. The summed E-state index contributed by atoms with van der Waals surface area (Å²) in [7, 11) is 0. The van der Waals surface area contributed by atoms with Crippen LogP contribution in [0.5, 0.6) is 0 Å². The van der Waals surface area contributed by atoms with Gasteiger partial charge in [-0.3, -0.25) is 9.59 Å². The Bertz CT molecular complexity index is 1080. The predicted molar refractivity (Wildman–Crippen MR) is 116 cm³/mol. The van der Waals surface area contributed by atoms with E-state index in [1.807, 2.05) is 38.1 Å². The minimum Gasteiger partial charge on any atom is -0.326 e. The van der Waals surface area contributed by atoms with Crippen LogP contribution in [0.2, 0.25) is 5.15 Å². The summed E-state index contributed by atoms with van der Waals surface area (Å²) in [5, 5.41) is 7.66. The second kappa shape index (κ2) is 8.88. The third kappa shape index (κ3) is 5.21. The number of allylic oxidation sites excluding steroid dienone is 1. The Morgan fingerprint density at radius 2 is 1.86 bits per heavy atom. The van der Waals surface area contributed by atoms with Gasteiger partial charge in [-0.25, -0.2) is 4.68 Å². The molecule has 0 unspecified atom stereocenters. The lowest BCUT2D eigenvalue weighted by Crippen LogP contribution is -2.06. The summed E-state index contributed by atoms with van der Waals surface area (Å²) in [6.07, 6.45) is 3.16. The molecular weight excluding hydrogens is 386 g/mol. The van der Waals surface area contributed by atoms with Gasteiger partial charge in [-0.1, -0.05) is 53.6 Å². The van der Waals surface area contributed by atoms with Crippen LogP contribution in [0.3, 0.4) is 0 Å². The second-order valence-electron chi connectivity index (χ2n) is 6.89. The van der Waals surface area contributed by atoms with Gasteiger partial charge in [-0.15, -0.1) is 0 Å². The molecule has 0 saturated carbocycles. The molecule has 3 aromatic rings. The number of aryl methyl sites for hydroxylation is 2. The van der Waals surface area contributed by atoms with Crippen molar-refractivity contribution in [1.29, 1.82) is 0 Å². The van der Waals surface area contributed by atoms with Gasteiger partial charge in [0.25, 0.3) is 0 Å². The first-order valence-corrected chi connectivity index (χ1v) is 9.60. The summed E-state index contributed by atoms with van der Waals surface area (Å²) in [4.78, 5) is 23.7. The molecule has 0 spiro atoms. The number of hydrogen-bond acceptors (Lipinski definition) is 3. The van der Waals surface area contributed by atoms with E-state index >= 15 is 0 Å². The average Bonchev–Trinajstić information content (AvgIpc) is 2.94. The molecule has 0 aliphatic rings. The molecule has 1 heterocycles. The lowest BCUT2D eigenvalue weighted by atomic mass is 10.1. The van der Waals surface area contributed by atoms with Crippen molar-refractivity contribution in [3.63, 3.8) is 0 Å². The molecule has 2 aromatic carbocycles. The van der Waals surface area contributed by atoms with E-state index in [4.69, 9.17) is 11.6 Å². The molecule has 0 aliphatic heterocycles. The van der Waals surface area contributed by atoms with Gasteiger partial charge >= 0.3 is 0 Å². The highest BCUT2D eigenvalue weighted by Crippen LogP contribution is 2.23. The molecule has 1 amide bonds. The molecule has 0 atom stereocenters. The molecule has 29 heavy (non-hydrogen) atoms. The quantitative estimate of drug-likeness (QED) is 0.459. The minimum absolute atomic E-state index is 0.182. The van der Waals surface area contributed by atoms with E-state index in [1.54, 1.807) is 35.0 Å². The first-order valence-electron chi connectivity index (χ1n) is 9.22. The molecule has 0 aliphatic carbocycles. The molecule has 5 nitrogen and oxygen atoms in total. The van der Waals surface area contributed by atoms with Crippen molar-refractivity contribution in [1.82, 2.24) is 9.78 Å². The number of carbonyl (C=O) groups excluding carboxylic acids is 2. The van der Waals surface area contributed by atoms with Crippen molar-refractivity contribution in [2.75, 3.05) is 5.32 Å². The fourth-order valence-electron chi connectivity index (χ4n) is 2.94. The topological polar surface area (TPSA) is 64.0 Å². The van der Waals surface area contributed by atoms with E-state index in [1.165, 1.54) is 18.6 Å². The molecule has 0 bridgehead atoms. The Balaban J connectivity index is 1.78. The average molecular weight is 408 g/mol. The largest absolute Gasteiger partial charge is 0.326 e. The van der Waals surface area contributed by atoms with Crippen LogP contribution < -0.4 is 5.32 Å². The van der Waals surface area contributed by atoms with E-state index in [2.05, 4.69) is 10.4 Å². The van der Waals surface area contributed by atoms with Crippen LogP contribution in [0.4, 0.5) is 5.69 Å². The Kier molecular flexibility index (Phi) is 6.29. The maximum absolute atomic E-state index is 12.5. The molecule has 1 aromatic heterocycles. The zero-order chi connectivity index (χ0) is 21.0. The number of carbonyl (C=O) groups is 2. The van der Waals surface area contributed by atoms with Crippen LogP contribution in [-0.4, -0.2) is 21.5 Å². The van der Waals surface area contributed by atoms with Crippen molar-refractivity contribution in [2.45, 2.75) is 27.3 Å². The van der Waals surface area contributed by atoms with Crippen molar-refractivity contribution < 1.29 is 9.59 Å². The predicted octanol–water partition coefficient (Wildman–Crippen LogP) is 5.06. The standard InChI is InChI=1S/C23H22ClN3O2/c1-15-7-9-18(10-8-15)14-27-23(24)21(16(2)26-27)11-12-22(29)19-5-4-6-20(13-19)25-17(3)28/h4-13H,14H2,1-3H3,(H,25,28)/b12-11+. The molecule has 0 saturated heterocycles. The number of nitrogens with zero attached hydrogens (tertiary/aromatic N) is 2. The number of hydrogen-bond donors (Lipinski definition) is 1. The molecule has 0 fully saturated rings. The highest BCUT2D eigenvalue weighted by atomic mass is 35.5. The lowest BCUT2D eigenvalue weighted by molar-refractivity contribution is -0.114. The first-order chi connectivity index (χ1) is 13.8. The van der Waals surface area contributed by atoms with Crippen LogP contribution in [-0.2, 0) is 11.3 Å². The minimum atomic E-state index is -0.187. The number of halogens is 1. The van der Waals surface area contributed by atoms with E-state index in [0.717, 1.165) is 11.3 Å². The zero-order valence-electron chi connectivity index (χ0n) is 16.6. The summed E-state index contributed by atoms with van der Waals surface area (Å²) in [5.41, 5.74) is 4.82. The molecule has 1 N–H and O–H groups in total. The van der Waals surface area contributed by atoms with Crippen LogP contribution in [0.25, 0.3) is 6.08 Å². The van der Waals surface area contributed by atoms with Gasteiger partial charge in [0.05, 0.1) is 12.2 Å². The highest BCUT2D eigenvalue weighted by Gasteiger charge is 2.12. The fourth-order valence-corrected chi connectivity index (χ4v) is 3.23. The van der Waals surface area contributed by atoms with Gasteiger partial charge in [-0.05, 0) is 43.7 Å². The normalized spacial score (nSPS) is 11.0. The Labute approximate surface area is 175 Å². The van der Waals surface area contributed by atoms with Crippen LogP contribution in [0.1, 0.15) is 39.7 Å². The molecule has 6 heteroatoms. The van der Waals surface area contributed by atoms with Crippen molar-refractivity contribution in [2.24, 2.45) is 0 Å².